The highest BCUT2D eigenvalue weighted by atomic mass is 32.2. The Morgan fingerprint density at radius 3 is 2.39 bits per heavy atom. The largest absolute Gasteiger partial charge is 0.390 e. The Labute approximate surface area is 225 Å². The zero-order valence-electron chi connectivity index (χ0n) is 22.6. The summed E-state index contributed by atoms with van der Waals surface area (Å²) in [4.78, 5) is 15.4. The quantitative estimate of drug-likeness (QED) is 0.477. The van der Waals surface area contributed by atoms with E-state index in [-0.39, 0.29) is 28.7 Å². The molecule has 2 fully saturated rings. The Morgan fingerprint density at radius 1 is 1.00 bits per heavy atom. The van der Waals surface area contributed by atoms with E-state index in [0.29, 0.717) is 32.2 Å². The number of carbonyl (C=O) groups excluding carboxylic acids is 1. The number of piperidine rings is 1. The molecule has 5 rings (SSSR count). The average molecular weight is 538 g/mol. The van der Waals surface area contributed by atoms with Gasteiger partial charge < -0.3 is 14.6 Å². The van der Waals surface area contributed by atoms with Crippen LogP contribution in [-0.4, -0.2) is 53.6 Å². The number of hydrogen-bond donors (Lipinski definition) is 2. The van der Waals surface area contributed by atoms with Gasteiger partial charge in [-0.05, 0) is 76.1 Å². The van der Waals surface area contributed by atoms with Gasteiger partial charge in [-0.25, -0.2) is 13.1 Å². The minimum absolute atomic E-state index is 0.0764. The zero-order valence-corrected chi connectivity index (χ0v) is 23.4. The molecule has 204 valence electrons. The Kier molecular flexibility index (Phi) is 7.42. The summed E-state index contributed by atoms with van der Waals surface area (Å²) in [7, 11) is -1.73. The number of aryl methyl sites for hydroxylation is 1. The zero-order chi connectivity index (χ0) is 27.1. The second kappa shape index (κ2) is 10.5. The second-order valence-corrected chi connectivity index (χ2v) is 13.3. The summed E-state index contributed by atoms with van der Waals surface area (Å²) in [6, 6.07) is 17.2. The van der Waals surface area contributed by atoms with Gasteiger partial charge >= 0.3 is 0 Å². The van der Waals surface area contributed by atoms with Gasteiger partial charge in [-0.2, -0.15) is 0 Å². The number of benzene rings is 2. The van der Waals surface area contributed by atoms with Crippen molar-refractivity contribution in [1.82, 2.24) is 14.2 Å². The van der Waals surface area contributed by atoms with E-state index < -0.39 is 15.6 Å². The molecular formula is C30H39N3O4S. The molecule has 0 unspecified atom stereocenters. The SMILES string of the molecule is Cn1c(-c2ccccc2)cc2ccc(S(=O)(=O)NC3CCC(C(=O)N4CCC[C@@H](C(C)(C)O)C4)CC3)cc21. The molecule has 1 saturated heterocycles. The van der Waals surface area contributed by atoms with Gasteiger partial charge in [0.1, 0.15) is 0 Å². The highest BCUT2D eigenvalue weighted by Crippen LogP contribution is 2.32. The number of rotatable bonds is 6. The van der Waals surface area contributed by atoms with Crippen molar-refractivity contribution in [2.45, 2.75) is 68.9 Å². The lowest BCUT2D eigenvalue weighted by atomic mass is 9.82. The van der Waals surface area contributed by atoms with E-state index >= 15 is 0 Å². The van der Waals surface area contributed by atoms with Crippen LogP contribution in [0, 0.1) is 11.8 Å². The van der Waals surface area contributed by atoms with Crippen molar-refractivity contribution in [1.29, 1.82) is 0 Å². The predicted octanol–water partition coefficient (Wildman–Crippen LogP) is 4.69. The van der Waals surface area contributed by atoms with Crippen LogP contribution in [0.2, 0.25) is 0 Å². The second-order valence-electron chi connectivity index (χ2n) is 11.6. The fraction of sp³-hybridized carbons (Fsp3) is 0.500. The number of fused-ring (bicyclic) bond motifs is 1. The normalized spacial score (nSPS) is 23.1. The Bertz CT molecular complexity index is 1400. The number of amides is 1. The lowest BCUT2D eigenvalue weighted by molar-refractivity contribution is -0.140. The summed E-state index contributed by atoms with van der Waals surface area (Å²) in [5.41, 5.74) is 2.20. The lowest BCUT2D eigenvalue weighted by Gasteiger charge is -2.40. The first-order chi connectivity index (χ1) is 18.0. The Balaban J connectivity index is 1.23. The van der Waals surface area contributed by atoms with E-state index in [0.717, 1.165) is 41.5 Å². The summed E-state index contributed by atoms with van der Waals surface area (Å²) in [6.45, 7) is 4.98. The fourth-order valence-electron chi connectivity index (χ4n) is 6.12. The van der Waals surface area contributed by atoms with Gasteiger partial charge in [0.2, 0.25) is 15.9 Å². The van der Waals surface area contributed by atoms with Crippen molar-refractivity contribution in [2.24, 2.45) is 18.9 Å². The maximum absolute atomic E-state index is 13.3. The van der Waals surface area contributed by atoms with Crippen LogP contribution in [0.5, 0.6) is 0 Å². The van der Waals surface area contributed by atoms with E-state index in [1.165, 1.54) is 0 Å². The molecule has 38 heavy (non-hydrogen) atoms. The van der Waals surface area contributed by atoms with Crippen molar-refractivity contribution < 1.29 is 18.3 Å². The van der Waals surface area contributed by atoms with Crippen molar-refractivity contribution in [2.75, 3.05) is 13.1 Å². The van der Waals surface area contributed by atoms with Crippen LogP contribution in [0.15, 0.2) is 59.5 Å². The van der Waals surface area contributed by atoms with Gasteiger partial charge in [-0.3, -0.25) is 4.79 Å². The van der Waals surface area contributed by atoms with Crippen LogP contribution >= 0.6 is 0 Å². The molecule has 2 aromatic carbocycles. The van der Waals surface area contributed by atoms with Gasteiger partial charge in [0.05, 0.1) is 10.5 Å². The molecule has 2 aliphatic rings. The van der Waals surface area contributed by atoms with Crippen molar-refractivity contribution in [3.8, 4) is 11.3 Å². The minimum Gasteiger partial charge on any atom is -0.390 e. The summed E-state index contributed by atoms with van der Waals surface area (Å²) >= 11 is 0. The third-order valence-electron chi connectivity index (χ3n) is 8.53. The van der Waals surface area contributed by atoms with Gasteiger partial charge in [-0.15, -0.1) is 0 Å². The number of nitrogens with zero attached hydrogens (tertiary/aromatic N) is 2. The van der Waals surface area contributed by atoms with Crippen LogP contribution < -0.4 is 4.72 Å². The predicted molar refractivity (Wildman–Crippen MR) is 150 cm³/mol. The first kappa shape index (κ1) is 26.9. The Morgan fingerprint density at radius 2 is 1.71 bits per heavy atom. The average Bonchev–Trinajstić information content (AvgIpc) is 3.24. The van der Waals surface area contributed by atoms with Crippen LogP contribution in [0.25, 0.3) is 22.2 Å². The van der Waals surface area contributed by atoms with E-state index in [9.17, 15) is 18.3 Å². The van der Waals surface area contributed by atoms with Gasteiger partial charge in [0.25, 0.3) is 0 Å². The molecule has 1 saturated carbocycles. The molecule has 8 heteroatoms. The summed E-state index contributed by atoms with van der Waals surface area (Å²) < 4.78 is 31.5. The lowest BCUT2D eigenvalue weighted by Crippen LogP contribution is -2.49. The number of nitrogens with one attached hydrogen (secondary N) is 1. The highest BCUT2D eigenvalue weighted by molar-refractivity contribution is 7.89. The monoisotopic (exact) mass is 537 g/mol. The molecule has 1 amide bonds. The first-order valence-electron chi connectivity index (χ1n) is 13.7. The van der Waals surface area contributed by atoms with E-state index in [1.54, 1.807) is 12.1 Å². The molecule has 1 aliphatic heterocycles. The maximum atomic E-state index is 13.3. The summed E-state index contributed by atoms with van der Waals surface area (Å²) in [6.07, 6.45) is 4.48. The van der Waals surface area contributed by atoms with Gasteiger partial charge in [0, 0.05) is 54.6 Å². The third kappa shape index (κ3) is 5.53. The molecule has 2 heterocycles. The molecule has 1 atom stereocenters. The van der Waals surface area contributed by atoms with Crippen LogP contribution in [0.4, 0.5) is 0 Å². The number of likely N-dealkylation sites (tertiary alicyclic amines) is 1. The van der Waals surface area contributed by atoms with Crippen molar-refractivity contribution in [3.05, 3.63) is 54.6 Å². The number of aliphatic hydroxyl groups is 1. The van der Waals surface area contributed by atoms with E-state index in [1.807, 2.05) is 66.8 Å². The summed E-state index contributed by atoms with van der Waals surface area (Å²) in [5.74, 6) is 0.171. The van der Waals surface area contributed by atoms with Crippen molar-refractivity contribution >= 4 is 26.8 Å². The van der Waals surface area contributed by atoms with E-state index in [4.69, 9.17) is 0 Å². The summed E-state index contributed by atoms with van der Waals surface area (Å²) in [5, 5.41) is 11.4. The number of aromatic nitrogens is 1. The maximum Gasteiger partial charge on any atom is 0.240 e. The molecule has 1 aliphatic carbocycles. The highest BCUT2D eigenvalue weighted by Gasteiger charge is 2.36. The molecule has 7 nitrogen and oxygen atoms in total. The van der Waals surface area contributed by atoms with Gasteiger partial charge in [0.15, 0.2) is 0 Å². The van der Waals surface area contributed by atoms with Crippen LogP contribution in [0.3, 0.4) is 0 Å². The van der Waals surface area contributed by atoms with Crippen LogP contribution in [0.1, 0.15) is 52.4 Å². The van der Waals surface area contributed by atoms with Crippen LogP contribution in [-0.2, 0) is 21.9 Å². The smallest absolute Gasteiger partial charge is 0.240 e. The standard InChI is InChI=1S/C30H39N3O4S/c1-30(2,35)24-10-7-17-33(20-24)29(34)22-11-14-25(15-12-22)31-38(36,37)26-16-13-23-18-27(32(3)28(23)19-26)21-8-5-4-6-9-21/h4-6,8-9,13,16,18-19,22,24-25,31,35H,7,10-12,14-15,17,20H2,1-3H3/t22?,24-,25?/m1/s1. The minimum atomic E-state index is -3.69. The number of hydrogen-bond acceptors (Lipinski definition) is 4. The molecule has 1 aromatic heterocycles. The Hall–Kier alpha value is -2.68. The molecular weight excluding hydrogens is 498 g/mol. The first-order valence-corrected chi connectivity index (χ1v) is 15.2. The van der Waals surface area contributed by atoms with Gasteiger partial charge in [-0.1, -0.05) is 36.4 Å². The molecule has 3 aromatic rings. The fourth-order valence-corrected chi connectivity index (χ4v) is 7.45. The molecule has 0 radical (unpaired) electrons. The molecule has 0 bridgehead atoms. The topological polar surface area (TPSA) is 91.6 Å². The molecule has 2 N–H and O–H groups in total. The van der Waals surface area contributed by atoms with E-state index in [2.05, 4.69) is 10.8 Å². The number of sulfonamides is 1. The van der Waals surface area contributed by atoms with Crippen molar-refractivity contribution in [3.63, 3.8) is 0 Å². The molecule has 0 spiro atoms. The third-order valence-corrected chi connectivity index (χ3v) is 10.0. The number of carbonyl (C=O) groups is 1.